The van der Waals surface area contributed by atoms with Crippen molar-refractivity contribution in [2.45, 2.75) is 6.92 Å². The Labute approximate surface area is 78.6 Å². The molecule has 4 heteroatoms. The summed E-state index contributed by atoms with van der Waals surface area (Å²) in [6, 6.07) is 0. The average molecular weight is 185 g/mol. The molecule has 0 fully saturated rings. The number of hydrogen-bond donors (Lipinski definition) is 1. The minimum absolute atomic E-state index is 0.149. The Hall–Kier alpha value is -1.05. The third-order valence-corrected chi connectivity index (χ3v) is 1.19. The van der Waals surface area contributed by atoms with Crippen molar-refractivity contribution in [1.82, 2.24) is 5.32 Å². The maximum atomic E-state index is 10.9. The number of terminal acetylenes is 1. The molecule has 0 saturated carbocycles. The second-order valence-electron chi connectivity index (χ2n) is 2.23. The Morgan fingerprint density at radius 2 is 2.31 bits per heavy atom. The number of hydrogen-bond acceptors (Lipinski definition) is 4. The van der Waals surface area contributed by atoms with Crippen LogP contribution in [0.15, 0.2) is 0 Å². The fourth-order valence-corrected chi connectivity index (χ4v) is 0.647. The van der Waals surface area contributed by atoms with Gasteiger partial charge < -0.3 is 9.47 Å². The number of esters is 1. The third kappa shape index (κ3) is 8.86. The molecule has 0 radical (unpaired) electrons. The van der Waals surface area contributed by atoms with Crippen LogP contribution in [0.2, 0.25) is 0 Å². The Kier molecular flexibility index (Phi) is 8.31. The van der Waals surface area contributed by atoms with Gasteiger partial charge in [-0.1, -0.05) is 5.92 Å². The zero-order chi connectivity index (χ0) is 9.94. The third-order valence-electron chi connectivity index (χ3n) is 1.19. The Bertz CT molecular complexity index is 174. The van der Waals surface area contributed by atoms with Crippen molar-refractivity contribution < 1.29 is 14.3 Å². The van der Waals surface area contributed by atoms with Gasteiger partial charge in [-0.2, -0.15) is 0 Å². The molecule has 4 nitrogen and oxygen atoms in total. The molecule has 13 heavy (non-hydrogen) atoms. The highest BCUT2D eigenvalue weighted by molar-refractivity contribution is 5.71. The molecule has 0 aromatic rings. The summed E-state index contributed by atoms with van der Waals surface area (Å²) >= 11 is 0. The van der Waals surface area contributed by atoms with Crippen LogP contribution in [0.4, 0.5) is 0 Å². The summed E-state index contributed by atoms with van der Waals surface area (Å²) in [6.07, 6.45) is 4.97. The lowest BCUT2D eigenvalue weighted by Gasteiger charge is -2.04. The van der Waals surface area contributed by atoms with Crippen molar-refractivity contribution in [1.29, 1.82) is 0 Å². The highest BCUT2D eigenvalue weighted by Gasteiger charge is 1.99. The molecular formula is C9H15NO3. The normalized spacial score (nSPS) is 9.23. The van der Waals surface area contributed by atoms with E-state index in [9.17, 15) is 4.79 Å². The molecule has 0 bridgehead atoms. The van der Waals surface area contributed by atoms with Gasteiger partial charge in [0.25, 0.3) is 0 Å². The molecule has 0 amide bonds. The molecule has 0 aliphatic heterocycles. The molecule has 0 rings (SSSR count). The average Bonchev–Trinajstić information content (AvgIpc) is 2.13. The van der Waals surface area contributed by atoms with E-state index in [1.165, 1.54) is 0 Å². The highest BCUT2D eigenvalue weighted by Crippen LogP contribution is 1.79. The van der Waals surface area contributed by atoms with E-state index >= 15 is 0 Å². The SMILES string of the molecule is C#CCNCC(=O)OCCOCC. The maximum absolute atomic E-state index is 10.9. The monoisotopic (exact) mass is 185 g/mol. The lowest BCUT2D eigenvalue weighted by molar-refractivity contribution is -0.143. The van der Waals surface area contributed by atoms with E-state index in [0.29, 0.717) is 26.4 Å². The van der Waals surface area contributed by atoms with Gasteiger partial charge >= 0.3 is 5.97 Å². The van der Waals surface area contributed by atoms with Crippen molar-refractivity contribution in [2.75, 3.05) is 32.9 Å². The van der Waals surface area contributed by atoms with Crippen LogP contribution in [0.5, 0.6) is 0 Å². The van der Waals surface area contributed by atoms with Gasteiger partial charge in [0, 0.05) is 6.61 Å². The fourth-order valence-electron chi connectivity index (χ4n) is 0.647. The van der Waals surface area contributed by atoms with Gasteiger partial charge in [-0.3, -0.25) is 10.1 Å². The molecule has 0 spiro atoms. The first kappa shape index (κ1) is 11.9. The van der Waals surface area contributed by atoms with E-state index < -0.39 is 0 Å². The Balaban J connectivity index is 3.16. The van der Waals surface area contributed by atoms with Crippen LogP contribution in [-0.4, -0.2) is 38.9 Å². The summed E-state index contributed by atoms with van der Waals surface area (Å²) in [7, 11) is 0. The first-order valence-electron chi connectivity index (χ1n) is 4.18. The van der Waals surface area contributed by atoms with Crippen molar-refractivity contribution in [3.8, 4) is 12.3 Å². The van der Waals surface area contributed by atoms with Gasteiger partial charge in [-0.15, -0.1) is 6.42 Å². The standard InChI is InChI=1S/C9H15NO3/c1-3-5-10-8-9(11)13-7-6-12-4-2/h1,10H,4-8H2,2H3. The van der Waals surface area contributed by atoms with Gasteiger partial charge in [0.15, 0.2) is 0 Å². The summed E-state index contributed by atoms with van der Waals surface area (Å²) < 4.78 is 9.78. The topological polar surface area (TPSA) is 47.6 Å². The van der Waals surface area contributed by atoms with E-state index in [2.05, 4.69) is 11.2 Å². The van der Waals surface area contributed by atoms with Crippen LogP contribution >= 0.6 is 0 Å². The van der Waals surface area contributed by atoms with Gasteiger partial charge in [-0.25, -0.2) is 0 Å². The van der Waals surface area contributed by atoms with Crippen LogP contribution in [0.1, 0.15) is 6.92 Å². The van der Waals surface area contributed by atoms with Crippen LogP contribution < -0.4 is 5.32 Å². The van der Waals surface area contributed by atoms with Gasteiger partial charge in [-0.05, 0) is 6.92 Å². The van der Waals surface area contributed by atoms with Gasteiger partial charge in [0.1, 0.15) is 6.61 Å². The van der Waals surface area contributed by atoms with E-state index in [0.717, 1.165) is 0 Å². The zero-order valence-corrected chi connectivity index (χ0v) is 7.84. The molecule has 74 valence electrons. The van der Waals surface area contributed by atoms with Crippen molar-refractivity contribution >= 4 is 5.97 Å². The Morgan fingerprint density at radius 1 is 1.54 bits per heavy atom. The molecule has 0 saturated heterocycles. The molecule has 0 aliphatic rings. The predicted molar refractivity (Wildman–Crippen MR) is 49.2 cm³/mol. The lowest BCUT2D eigenvalue weighted by Crippen LogP contribution is -2.25. The smallest absolute Gasteiger partial charge is 0.320 e. The summed E-state index contributed by atoms with van der Waals surface area (Å²) in [5.74, 6) is 2.05. The van der Waals surface area contributed by atoms with Crippen LogP contribution in [0.25, 0.3) is 0 Å². The number of carbonyl (C=O) groups is 1. The molecular weight excluding hydrogens is 170 g/mol. The molecule has 0 aromatic carbocycles. The summed E-state index contributed by atoms with van der Waals surface area (Å²) in [5.41, 5.74) is 0. The number of nitrogens with one attached hydrogen (secondary N) is 1. The second-order valence-corrected chi connectivity index (χ2v) is 2.23. The number of rotatable bonds is 7. The van der Waals surface area contributed by atoms with E-state index in [4.69, 9.17) is 15.9 Å². The highest BCUT2D eigenvalue weighted by atomic mass is 16.6. The maximum Gasteiger partial charge on any atom is 0.320 e. The Morgan fingerprint density at radius 3 is 2.92 bits per heavy atom. The number of carbonyl (C=O) groups excluding carboxylic acids is 1. The van der Waals surface area contributed by atoms with E-state index in [1.807, 2.05) is 6.92 Å². The van der Waals surface area contributed by atoms with Crippen molar-refractivity contribution in [3.63, 3.8) is 0 Å². The minimum Gasteiger partial charge on any atom is -0.462 e. The van der Waals surface area contributed by atoms with Crippen LogP contribution in [0.3, 0.4) is 0 Å². The van der Waals surface area contributed by atoms with Gasteiger partial charge in [0.2, 0.25) is 0 Å². The fraction of sp³-hybridized carbons (Fsp3) is 0.667. The van der Waals surface area contributed by atoms with Gasteiger partial charge in [0.05, 0.1) is 19.7 Å². The molecule has 0 atom stereocenters. The minimum atomic E-state index is -0.310. The molecule has 0 heterocycles. The van der Waals surface area contributed by atoms with E-state index in [1.54, 1.807) is 0 Å². The van der Waals surface area contributed by atoms with Crippen LogP contribution in [-0.2, 0) is 14.3 Å². The lowest BCUT2D eigenvalue weighted by atomic mass is 10.6. The van der Waals surface area contributed by atoms with E-state index in [-0.39, 0.29) is 12.5 Å². The largest absolute Gasteiger partial charge is 0.462 e. The molecule has 0 aromatic heterocycles. The predicted octanol–water partition coefficient (Wildman–Crippen LogP) is -0.211. The van der Waals surface area contributed by atoms with Crippen molar-refractivity contribution in [2.24, 2.45) is 0 Å². The van der Waals surface area contributed by atoms with Crippen molar-refractivity contribution in [3.05, 3.63) is 0 Å². The first-order valence-corrected chi connectivity index (χ1v) is 4.18. The number of ether oxygens (including phenoxy) is 2. The second kappa shape index (κ2) is 9.04. The summed E-state index contributed by atoms with van der Waals surface area (Å²) in [5, 5.41) is 2.72. The summed E-state index contributed by atoms with van der Waals surface area (Å²) in [6.45, 7) is 3.78. The molecule has 0 aliphatic carbocycles. The molecule has 0 unspecified atom stereocenters. The quantitative estimate of drug-likeness (QED) is 0.339. The first-order chi connectivity index (χ1) is 6.31. The molecule has 1 N–H and O–H groups in total. The zero-order valence-electron chi connectivity index (χ0n) is 7.84. The van der Waals surface area contributed by atoms with Crippen LogP contribution in [0, 0.1) is 12.3 Å². The summed E-state index contributed by atoms with van der Waals surface area (Å²) in [4.78, 5) is 10.9.